The third-order valence-corrected chi connectivity index (χ3v) is 17.2. The van der Waals surface area contributed by atoms with Gasteiger partial charge in [0.25, 0.3) is 0 Å². The number of rotatable bonds is 16. The van der Waals surface area contributed by atoms with E-state index >= 15 is 0 Å². The molecule has 0 amide bonds. The molecule has 20 heteroatoms. The van der Waals surface area contributed by atoms with E-state index in [9.17, 15) is 25.9 Å². The molecule has 0 spiro atoms. The molecule has 16 nitrogen and oxygen atoms in total. The Bertz CT molecular complexity index is 4340. The topological polar surface area (TPSA) is 238 Å². The molecule has 0 saturated carbocycles. The largest absolute Gasteiger partial charge is 1.00 e. The Kier molecular flexibility index (Phi) is 16.9. The fourth-order valence-electron chi connectivity index (χ4n) is 9.65. The third-order valence-electron chi connectivity index (χ3n) is 13.6. The minimum atomic E-state index is -5.91. The van der Waals surface area contributed by atoms with Crippen molar-refractivity contribution < 1.29 is 85.1 Å². The van der Waals surface area contributed by atoms with Gasteiger partial charge >= 0.3 is 59.1 Å². The summed E-state index contributed by atoms with van der Waals surface area (Å²) in [5, 5.41) is 27.9. The van der Waals surface area contributed by atoms with Crippen molar-refractivity contribution in [2.45, 2.75) is 10.5 Å². The molecule has 394 valence electrons. The van der Waals surface area contributed by atoms with Crippen LogP contribution in [0.25, 0.3) is 49.2 Å². The first-order valence-electron chi connectivity index (χ1n) is 25.2. The van der Waals surface area contributed by atoms with E-state index in [2.05, 4.69) is 36.9 Å². The van der Waals surface area contributed by atoms with Crippen LogP contribution in [0.2, 0.25) is 0 Å². The minimum absolute atomic E-state index is 0. The zero-order valence-corrected chi connectivity index (χ0v) is 49.8. The van der Waals surface area contributed by atoms with Crippen LogP contribution in [0.3, 0.4) is 0 Å². The van der Waals surface area contributed by atoms with Crippen LogP contribution < -0.4 is 91.0 Å². The van der Waals surface area contributed by atoms with Gasteiger partial charge in [-0.2, -0.15) is 19.9 Å². The van der Waals surface area contributed by atoms with Gasteiger partial charge in [0.05, 0.1) is 0 Å². The van der Waals surface area contributed by atoms with Gasteiger partial charge in [-0.05, 0) is 121 Å². The summed E-state index contributed by atoms with van der Waals surface area (Å²) in [5.74, 6) is 1.80. The van der Waals surface area contributed by atoms with Gasteiger partial charge in [0, 0.05) is 52.7 Å². The van der Waals surface area contributed by atoms with Gasteiger partial charge in [0.2, 0.25) is 11.9 Å². The van der Waals surface area contributed by atoms with Gasteiger partial charge in [-0.3, -0.25) is 0 Å². The van der Waals surface area contributed by atoms with Gasteiger partial charge in [-0.1, -0.05) is 152 Å². The number of hydrogen-bond donors (Lipinski definition) is 6. The fraction of sp³-hybridized carbons (Fsp3) is 0.0323. The average molecular weight is 1140 g/mol. The van der Waals surface area contributed by atoms with Gasteiger partial charge < -0.3 is 41.0 Å². The molecule has 0 radical (unpaired) electrons. The van der Waals surface area contributed by atoms with E-state index in [-0.39, 0.29) is 76.6 Å². The first-order valence-corrected chi connectivity index (χ1v) is 28.0. The molecule has 0 atom stereocenters. The summed E-state index contributed by atoms with van der Waals surface area (Å²) in [6, 6.07) is 65.5. The average Bonchev–Trinajstić information content (AvgIpc) is 3.56. The second kappa shape index (κ2) is 24.2. The molecule has 1 aliphatic rings. The van der Waals surface area contributed by atoms with Crippen LogP contribution in [0.1, 0.15) is 12.0 Å². The number of fused-ring (bicyclic) bond motifs is 4. The molecule has 82 heavy (non-hydrogen) atoms. The van der Waals surface area contributed by atoms with Crippen LogP contribution in [0, 0.1) is 0 Å². The number of aromatic nitrogens is 4. The maximum Gasteiger partial charge on any atom is 1.00 e. The SMILES string of the molecule is O=S(=O)([O-])C1(S(=O)(=O)[O-])CC(Nc2cc(Nc3ccc4ccccc4c3)nc(Nc3ccc4ccccc4c3)n2)=CC=C1C=Cc1ccc(Nc2cc(Nc3ccc4ccccc4c3)nc(Nc3ccc4ccccc4c3)n2)cc1.[Na+].[Na+]. The van der Waals surface area contributed by atoms with Crippen LogP contribution in [-0.4, -0.2) is 50.0 Å². The molecule has 9 aromatic carbocycles. The van der Waals surface area contributed by atoms with Crippen molar-refractivity contribution in [3.05, 3.63) is 241 Å². The van der Waals surface area contributed by atoms with Crippen molar-refractivity contribution in [1.29, 1.82) is 0 Å². The smallest absolute Gasteiger partial charge is 0.746 e. The molecule has 2 heterocycles. The summed E-state index contributed by atoms with van der Waals surface area (Å²) in [4.78, 5) is 18.9. The number of nitrogens with one attached hydrogen (secondary N) is 6. The van der Waals surface area contributed by atoms with Crippen LogP contribution in [-0.2, 0) is 20.2 Å². The Hall–Kier alpha value is -7.98. The Morgan fingerprint density at radius 3 is 1.07 bits per heavy atom. The molecular formula is C62H46N10Na2O6S2. The van der Waals surface area contributed by atoms with Crippen LogP contribution in [0.4, 0.5) is 63.6 Å². The van der Waals surface area contributed by atoms with Crippen molar-refractivity contribution in [1.82, 2.24) is 19.9 Å². The van der Waals surface area contributed by atoms with E-state index in [4.69, 9.17) is 15.0 Å². The summed E-state index contributed by atoms with van der Waals surface area (Å²) >= 11 is 0. The molecule has 0 aliphatic heterocycles. The van der Waals surface area contributed by atoms with E-state index in [1.165, 1.54) is 18.2 Å². The molecule has 1 aliphatic carbocycles. The predicted molar refractivity (Wildman–Crippen MR) is 318 cm³/mol. The van der Waals surface area contributed by atoms with Gasteiger partial charge in [0.1, 0.15) is 43.5 Å². The number of allylic oxidation sites excluding steroid dienone is 4. The second-order valence-corrected chi connectivity index (χ2v) is 22.5. The van der Waals surface area contributed by atoms with E-state index < -0.39 is 36.3 Å². The van der Waals surface area contributed by atoms with Crippen molar-refractivity contribution in [3.63, 3.8) is 0 Å². The van der Waals surface area contributed by atoms with Crippen LogP contribution >= 0.6 is 0 Å². The standard InChI is InChI=1S/C62H48N10O6S2.2Na/c73-79(74,75)62(80(76,77)78)39-55(66-59-38-58(65-52-29-21-42-10-2-6-14-46(42)34-52)71-61(72-59)68-54-31-23-44-12-4-8-16-48(44)36-54)32-25-49(62)24-17-40-18-26-50(27-19-40)63-56-37-57(64-51-28-20-41-9-1-5-13-45(41)33-51)70-60(69-56)67-53-30-22-43-11-3-7-15-47(43)35-53;;/h1-38H,39H2,(H,73,74,75)(H,76,77,78)(H3,63,64,67,69,70)(H3,65,66,68,71,72);;/q;2*+1/p-2. The maximum atomic E-state index is 13.3. The molecule has 2 aromatic heterocycles. The number of nitrogens with zero attached hydrogens (tertiary/aromatic N) is 4. The summed E-state index contributed by atoms with van der Waals surface area (Å²) in [6.07, 6.45) is 4.08. The normalized spacial score (nSPS) is 13.1. The maximum absolute atomic E-state index is 13.3. The van der Waals surface area contributed by atoms with Crippen molar-refractivity contribution in [3.8, 4) is 0 Å². The Morgan fingerprint density at radius 1 is 0.366 bits per heavy atom. The quantitative estimate of drug-likeness (QED) is 0.0401. The Labute approximate surface area is 517 Å². The van der Waals surface area contributed by atoms with Crippen molar-refractivity contribution >= 4 is 133 Å². The molecule has 0 saturated heterocycles. The van der Waals surface area contributed by atoms with E-state index in [0.717, 1.165) is 66.6 Å². The first kappa shape index (κ1) is 57.3. The summed E-state index contributed by atoms with van der Waals surface area (Å²) < 4.78 is 76.4. The first-order chi connectivity index (χ1) is 38.7. The molecular weight excluding hydrogens is 1090 g/mol. The van der Waals surface area contributed by atoms with E-state index in [0.29, 0.717) is 46.0 Å². The van der Waals surface area contributed by atoms with E-state index in [1.54, 1.807) is 30.3 Å². The number of anilines is 11. The van der Waals surface area contributed by atoms with Crippen LogP contribution in [0.15, 0.2) is 236 Å². The van der Waals surface area contributed by atoms with Crippen LogP contribution in [0.5, 0.6) is 0 Å². The Balaban J connectivity index is 0.00000376. The minimum Gasteiger partial charge on any atom is -0.746 e. The van der Waals surface area contributed by atoms with Crippen molar-refractivity contribution in [2.75, 3.05) is 31.9 Å². The van der Waals surface area contributed by atoms with Gasteiger partial charge in [-0.15, -0.1) is 0 Å². The number of hydrogen-bond acceptors (Lipinski definition) is 16. The third kappa shape index (κ3) is 12.7. The Morgan fingerprint density at radius 2 is 0.695 bits per heavy atom. The molecule has 12 rings (SSSR count). The number of benzene rings is 9. The monoisotopic (exact) mass is 1140 g/mol. The molecule has 0 unspecified atom stereocenters. The summed E-state index contributed by atoms with van der Waals surface area (Å²) in [6.45, 7) is 0. The zero-order valence-electron chi connectivity index (χ0n) is 44.2. The van der Waals surface area contributed by atoms with E-state index in [1.807, 2.05) is 170 Å². The summed E-state index contributed by atoms with van der Waals surface area (Å²) in [5.41, 5.74) is 3.45. The van der Waals surface area contributed by atoms with Gasteiger partial charge in [0.15, 0.2) is 4.08 Å². The molecule has 0 bridgehead atoms. The second-order valence-electron chi connectivity index (χ2n) is 19.0. The van der Waals surface area contributed by atoms with Crippen molar-refractivity contribution in [2.24, 2.45) is 0 Å². The molecule has 11 aromatic rings. The fourth-order valence-corrected chi connectivity index (χ4v) is 12.2. The zero-order chi connectivity index (χ0) is 54.8. The predicted octanol–water partition coefficient (Wildman–Crippen LogP) is 7.73. The molecule has 0 fully saturated rings. The molecule has 6 N–H and O–H groups in total. The van der Waals surface area contributed by atoms with Gasteiger partial charge in [-0.25, -0.2) is 16.8 Å². The summed E-state index contributed by atoms with van der Waals surface area (Å²) in [7, 11) is -11.8.